The van der Waals surface area contributed by atoms with E-state index in [1.807, 2.05) is 40.1 Å². The third-order valence-electron chi connectivity index (χ3n) is 6.28. The number of carbonyl (C=O) groups excluding carboxylic acids is 1. The van der Waals surface area contributed by atoms with E-state index in [0.29, 0.717) is 5.69 Å². The number of carboxylic acid groups (broad SMARTS) is 2. The van der Waals surface area contributed by atoms with E-state index in [0.717, 1.165) is 69.6 Å². The number of rotatable bonds is 7. The molecule has 2 saturated heterocycles. The average Bonchev–Trinajstić information content (AvgIpc) is 3.27. The lowest BCUT2D eigenvalue weighted by molar-refractivity contribution is -0.159. The first-order chi connectivity index (χ1) is 18.1. The molecule has 2 aromatic rings. The number of aliphatic carboxylic acids is 2. The molecule has 2 aliphatic rings. The SMILES string of the molecule is O=C(O)C(=O)O.O=C1C(c2ccccc2)SCN1CCCCN1CCN(c2cccc(C(F)(F)F)c2)CC1. The van der Waals surface area contributed by atoms with Crippen LogP contribution in [0.1, 0.15) is 29.2 Å². The number of nitrogens with zero attached hydrogens (tertiary/aromatic N) is 3. The number of benzene rings is 2. The van der Waals surface area contributed by atoms with Gasteiger partial charge < -0.3 is 20.0 Å². The van der Waals surface area contributed by atoms with Crippen LogP contribution < -0.4 is 4.90 Å². The molecule has 0 aromatic heterocycles. The van der Waals surface area contributed by atoms with E-state index in [1.54, 1.807) is 17.8 Å². The van der Waals surface area contributed by atoms with Gasteiger partial charge in [-0.3, -0.25) is 9.69 Å². The Bertz CT molecular complexity index is 1080. The van der Waals surface area contributed by atoms with Crippen LogP contribution in [-0.4, -0.2) is 83.0 Å². The van der Waals surface area contributed by atoms with Gasteiger partial charge in [0, 0.05) is 38.4 Å². The largest absolute Gasteiger partial charge is 0.473 e. The van der Waals surface area contributed by atoms with Crippen molar-refractivity contribution in [3.63, 3.8) is 0 Å². The minimum absolute atomic E-state index is 0.0832. The molecule has 0 bridgehead atoms. The standard InChI is InChI=1S/C24H28F3N3OS.C2H2O4/c25-24(26,27)20-9-6-10-21(17-20)29-15-13-28(14-16-29)11-4-5-12-30-18-32-22(23(30)31)19-7-2-1-3-8-19;3-1(4)2(5)6/h1-3,6-10,17,22H,4-5,11-16,18H2;(H,3,4)(H,5,6). The molecule has 4 rings (SSSR count). The molecule has 0 aliphatic carbocycles. The molecule has 2 fully saturated rings. The van der Waals surface area contributed by atoms with Crippen LogP contribution in [0.4, 0.5) is 18.9 Å². The maximum Gasteiger partial charge on any atom is 0.416 e. The first-order valence-electron chi connectivity index (χ1n) is 12.1. The van der Waals surface area contributed by atoms with E-state index in [9.17, 15) is 18.0 Å². The van der Waals surface area contributed by atoms with Gasteiger partial charge in [0.1, 0.15) is 5.25 Å². The van der Waals surface area contributed by atoms with Crippen molar-refractivity contribution < 1.29 is 37.8 Å². The molecule has 8 nitrogen and oxygen atoms in total. The van der Waals surface area contributed by atoms with Gasteiger partial charge in [0.25, 0.3) is 0 Å². The molecule has 0 radical (unpaired) electrons. The molecular formula is C26H30F3N3O5S. The molecule has 2 N–H and O–H groups in total. The maximum absolute atomic E-state index is 13.0. The van der Waals surface area contributed by atoms with Crippen molar-refractivity contribution in [3.05, 3.63) is 65.7 Å². The first kappa shape index (κ1) is 29.3. The maximum atomic E-state index is 13.0. The fraction of sp³-hybridized carbons (Fsp3) is 0.423. The van der Waals surface area contributed by atoms with Crippen LogP contribution in [0.3, 0.4) is 0 Å². The van der Waals surface area contributed by atoms with Gasteiger partial charge in [-0.2, -0.15) is 13.2 Å². The molecule has 38 heavy (non-hydrogen) atoms. The number of unbranched alkanes of at least 4 members (excludes halogenated alkanes) is 1. The normalized spacial score (nSPS) is 18.2. The predicted octanol–water partition coefficient (Wildman–Crippen LogP) is 4.04. The summed E-state index contributed by atoms with van der Waals surface area (Å²) in [5, 5.41) is 14.7. The Kier molecular flexibility index (Phi) is 10.4. The van der Waals surface area contributed by atoms with Crippen LogP contribution in [-0.2, 0) is 20.6 Å². The van der Waals surface area contributed by atoms with E-state index in [4.69, 9.17) is 19.8 Å². The molecular weight excluding hydrogens is 523 g/mol. The topological polar surface area (TPSA) is 101 Å². The van der Waals surface area contributed by atoms with Gasteiger partial charge in [0.15, 0.2) is 0 Å². The van der Waals surface area contributed by atoms with Crippen molar-refractivity contribution in [2.45, 2.75) is 24.3 Å². The lowest BCUT2D eigenvalue weighted by Crippen LogP contribution is -2.46. The second-order valence-electron chi connectivity index (χ2n) is 8.88. The number of alkyl halides is 3. The van der Waals surface area contributed by atoms with Crippen LogP contribution in [0.2, 0.25) is 0 Å². The zero-order valence-corrected chi connectivity index (χ0v) is 21.5. The Hall–Kier alpha value is -3.25. The lowest BCUT2D eigenvalue weighted by Gasteiger charge is -2.36. The van der Waals surface area contributed by atoms with E-state index >= 15 is 0 Å². The molecule has 0 spiro atoms. The van der Waals surface area contributed by atoms with Crippen LogP contribution in [0.5, 0.6) is 0 Å². The second-order valence-corrected chi connectivity index (χ2v) is 9.95. The third-order valence-corrected chi connectivity index (χ3v) is 7.55. The summed E-state index contributed by atoms with van der Waals surface area (Å²) in [5.74, 6) is -2.70. The summed E-state index contributed by atoms with van der Waals surface area (Å²) in [7, 11) is 0. The monoisotopic (exact) mass is 553 g/mol. The molecule has 0 saturated carbocycles. The van der Waals surface area contributed by atoms with Crippen LogP contribution in [0.25, 0.3) is 0 Å². The van der Waals surface area contributed by atoms with Crippen molar-refractivity contribution in [1.82, 2.24) is 9.80 Å². The lowest BCUT2D eigenvalue weighted by atomic mass is 10.1. The van der Waals surface area contributed by atoms with Gasteiger partial charge in [0.2, 0.25) is 5.91 Å². The molecule has 2 aliphatic heterocycles. The van der Waals surface area contributed by atoms with Gasteiger partial charge in [-0.05, 0) is 43.1 Å². The molecule has 2 aromatic carbocycles. The van der Waals surface area contributed by atoms with Crippen molar-refractivity contribution in [3.8, 4) is 0 Å². The van der Waals surface area contributed by atoms with Crippen molar-refractivity contribution in [2.24, 2.45) is 0 Å². The highest BCUT2D eigenvalue weighted by Gasteiger charge is 2.33. The van der Waals surface area contributed by atoms with Crippen molar-refractivity contribution in [1.29, 1.82) is 0 Å². The fourth-order valence-electron chi connectivity index (χ4n) is 4.25. The number of amides is 1. The second kappa shape index (κ2) is 13.5. The highest BCUT2D eigenvalue weighted by Crippen LogP contribution is 2.37. The van der Waals surface area contributed by atoms with Gasteiger partial charge in [-0.15, -0.1) is 11.8 Å². The fourth-order valence-corrected chi connectivity index (χ4v) is 5.48. The number of carboxylic acids is 2. The summed E-state index contributed by atoms with van der Waals surface area (Å²) in [6.45, 7) is 4.85. The van der Waals surface area contributed by atoms with E-state index in [2.05, 4.69) is 4.90 Å². The van der Waals surface area contributed by atoms with Gasteiger partial charge >= 0.3 is 18.1 Å². The minimum atomic E-state index is -4.31. The van der Waals surface area contributed by atoms with E-state index < -0.39 is 23.7 Å². The third kappa shape index (κ3) is 8.38. The Labute approximate surface area is 223 Å². The Morgan fingerprint density at radius 3 is 2.13 bits per heavy atom. The number of hydrogen-bond donors (Lipinski definition) is 2. The van der Waals surface area contributed by atoms with Crippen LogP contribution >= 0.6 is 11.8 Å². The molecule has 1 unspecified atom stereocenters. The number of carbonyl (C=O) groups is 3. The summed E-state index contributed by atoms with van der Waals surface area (Å²) in [6.07, 6.45) is -2.34. The van der Waals surface area contributed by atoms with Gasteiger partial charge in [-0.25, -0.2) is 9.59 Å². The molecule has 206 valence electrons. The number of halogens is 3. The zero-order chi connectivity index (χ0) is 27.7. The van der Waals surface area contributed by atoms with Crippen molar-refractivity contribution >= 4 is 35.3 Å². The van der Waals surface area contributed by atoms with E-state index in [1.165, 1.54) is 12.1 Å². The quantitative estimate of drug-likeness (QED) is 0.392. The van der Waals surface area contributed by atoms with Gasteiger partial charge in [-0.1, -0.05) is 36.4 Å². The Balaban J connectivity index is 0.000000599. The predicted molar refractivity (Wildman–Crippen MR) is 138 cm³/mol. The minimum Gasteiger partial charge on any atom is -0.473 e. The summed E-state index contributed by atoms with van der Waals surface area (Å²) in [4.78, 5) is 37.2. The Morgan fingerprint density at radius 2 is 1.53 bits per heavy atom. The van der Waals surface area contributed by atoms with Gasteiger partial charge in [0.05, 0.1) is 11.4 Å². The number of anilines is 1. The molecule has 1 amide bonds. The molecule has 12 heteroatoms. The highest BCUT2D eigenvalue weighted by molar-refractivity contribution is 8.00. The first-order valence-corrected chi connectivity index (χ1v) is 13.2. The highest BCUT2D eigenvalue weighted by atomic mass is 32.2. The van der Waals surface area contributed by atoms with Crippen molar-refractivity contribution in [2.75, 3.05) is 50.0 Å². The summed E-state index contributed by atoms with van der Waals surface area (Å²) in [6, 6.07) is 15.5. The summed E-state index contributed by atoms with van der Waals surface area (Å²) in [5.41, 5.74) is 1.11. The smallest absolute Gasteiger partial charge is 0.416 e. The number of thioether (sulfide) groups is 1. The summed E-state index contributed by atoms with van der Waals surface area (Å²) < 4.78 is 38.9. The molecule has 1 atom stereocenters. The van der Waals surface area contributed by atoms with Crippen LogP contribution in [0.15, 0.2) is 54.6 Å². The molecule has 2 heterocycles. The van der Waals surface area contributed by atoms with E-state index in [-0.39, 0.29) is 11.2 Å². The number of piperazine rings is 1. The van der Waals surface area contributed by atoms with Crippen LogP contribution in [0, 0.1) is 0 Å². The Morgan fingerprint density at radius 1 is 0.895 bits per heavy atom. The zero-order valence-electron chi connectivity index (χ0n) is 20.6. The average molecular weight is 554 g/mol. The number of hydrogen-bond acceptors (Lipinski definition) is 6. The summed E-state index contributed by atoms with van der Waals surface area (Å²) >= 11 is 1.69.